The minimum Gasteiger partial charge on any atom is -0.0778 e. The Morgan fingerprint density at radius 2 is 2.11 bits per heavy atom. The Labute approximate surface area is 70.9 Å². The van der Waals surface area contributed by atoms with Gasteiger partial charge in [0.15, 0.2) is 0 Å². The van der Waals surface area contributed by atoms with Gasteiger partial charge in [-0.3, -0.25) is 0 Å². The third kappa shape index (κ3) is 1.69. The third-order valence-electron chi connectivity index (χ3n) is 2.15. The van der Waals surface area contributed by atoms with E-state index in [2.05, 4.69) is 36.4 Å². The molecule has 0 aromatic carbocycles. The third-order valence-corrected chi connectivity index (χ3v) is 3.71. The fourth-order valence-electron chi connectivity index (χ4n) is 1.23. The molecule has 0 spiro atoms. The van der Waals surface area contributed by atoms with Gasteiger partial charge in [-0.05, 0) is 33.1 Å². The van der Waals surface area contributed by atoms with Crippen LogP contribution in [0.25, 0.3) is 0 Å². The maximum atomic E-state index is 2.54. The molecule has 0 aromatic rings. The van der Waals surface area contributed by atoms with Crippen molar-refractivity contribution in [2.75, 3.05) is 0 Å². The van der Waals surface area contributed by atoms with E-state index in [0.717, 1.165) is 3.92 Å². The first-order chi connectivity index (χ1) is 4.22. The maximum absolute atomic E-state index is 2.54. The topological polar surface area (TPSA) is 0 Å². The average molecular weight is 236 g/mol. The van der Waals surface area contributed by atoms with Crippen LogP contribution in [0.4, 0.5) is 0 Å². The average Bonchev–Trinajstić information content (AvgIpc) is 1.83. The molecule has 0 radical (unpaired) electrons. The Morgan fingerprint density at radius 3 is 2.56 bits per heavy atom. The molecule has 1 atom stereocenters. The second kappa shape index (κ2) is 3.04. The van der Waals surface area contributed by atoms with Crippen molar-refractivity contribution in [1.29, 1.82) is 0 Å². The van der Waals surface area contributed by atoms with Crippen LogP contribution in [0.15, 0.2) is 11.1 Å². The van der Waals surface area contributed by atoms with Crippen LogP contribution >= 0.6 is 22.6 Å². The second-order valence-electron chi connectivity index (χ2n) is 2.82. The summed E-state index contributed by atoms with van der Waals surface area (Å²) in [6.07, 6.45) is 4.13. The smallest absolute Gasteiger partial charge is 0.0318 e. The SMILES string of the molecule is CC1=C(C)C(I)CCC1. The molecule has 1 rings (SSSR count). The lowest BCUT2D eigenvalue weighted by atomic mass is 9.94. The number of rotatable bonds is 0. The molecule has 1 heteroatoms. The lowest BCUT2D eigenvalue weighted by Gasteiger charge is -2.19. The van der Waals surface area contributed by atoms with Crippen molar-refractivity contribution >= 4 is 22.6 Å². The number of hydrogen-bond acceptors (Lipinski definition) is 0. The molecule has 0 heterocycles. The summed E-state index contributed by atoms with van der Waals surface area (Å²) in [4.78, 5) is 0. The molecule has 9 heavy (non-hydrogen) atoms. The first-order valence-electron chi connectivity index (χ1n) is 3.52. The minimum absolute atomic E-state index is 0.830. The van der Waals surface area contributed by atoms with Crippen LogP contribution in [0.1, 0.15) is 33.1 Å². The first-order valence-corrected chi connectivity index (χ1v) is 4.76. The van der Waals surface area contributed by atoms with E-state index in [0.29, 0.717) is 0 Å². The number of alkyl halides is 1. The molecule has 0 fully saturated rings. The molecular formula is C8H13I. The Bertz CT molecular complexity index is 136. The summed E-state index contributed by atoms with van der Waals surface area (Å²) < 4.78 is 0.830. The lowest BCUT2D eigenvalue weighted by molar-refractivity contribution is 0.696. The van der Waals surface area contributed by atoms with Gasteiger partial charge >= 0.3 is 0 Å². The van der Waals surface area contributed by atoms with Crippen LogP contribution in [0.5, 0.6) is 0 Å². The van der Waals surface area contributed by atoms with Crippen LogP contribution in [0.2, 0.25) is 0 Å². The van der Waals surface area contributed by atoms with Crippen molar-refractivity contribution < 1.29 is 0 Å². The predicted octanol–water partition coefficient (Wildman–Crippen LogP) is 3.31. The zero-order valence-corrected chi connectivity index (χ0v) is 8.23. The monoisotopic (exact) mass is 236 g/mol. The molecular weight excluding hydrogens is 223 g/mol. The molecule has 0 bridgehead atoms. The number of allylic oxidation sites excluding steroid dienone is 2. The number of hydrogen-bond donors (Lipinski definition) is 0. The van der Waals surface area contributed by atoms with E-state index in [1.807, 2.05) is 0 Å². The Hall–Kier alpha value is 0.470. The van der Waals surface area contributed by atoms with Crippen molar-refractivity contribution in [1.82, 2.24) is 0 Å². The highest BCUT2D eigenvalue weighted by molar-refractivity contribution is 14.1. The normalized spacial score (nSPS) is 29.0. The highest BCUT2D eigenvalue weighted by Crippen LogP contribution is 2.29. The van der Waals surface area contributed by atoms with Gasteiger partial charge in [-0.25, -0.2) is 0 Å². The van der Waals surface area contributed by atoms with Gasteiger partial charge in [0, 0.05) is 3.92 Å². The van der Waals surface area contributed by atoms with Gasteiger partial charge in [0.2, 0.25) is 0 Å². The maximum Gasteiger partial charge on any atom is 0.0318 e. The molecule has 0 saturated heterocycles. The van der Waals surface area contributed by atoms with Gasteiger partial charge in [0.05, 0.1) is 0 Å². The summed E-state index contributed by atoms with van der Waals surface area (Å²) in [6.45, 7) is 4.53. The van der Waals surface area contributed by atoms with E-state index >= 15 is 0 Å². The highest BCUT2D eigenvalue weighted by atomic mass is 127. The van der Waals surface area contributed by atoms with Crippen molar-refractivity contribution in [3.8, 4) is 0 Å². The first kappa shape index (κ1) is 7.58. The van der Waals surface area contributed by atoms with Crippen LogP contribution in [-0.2, 0) is 0 Å². The van der Waals surface area contributed by atoms with Gasteiger partial charge in [0.25, 0.3) is 0 Å². The molecule has 0 nitrogen and oxygen atoms in total. The van der Waals surface area contributed by atoms with Gasteiger partial charge in [-0.15, -0.1) is 0 Å². The minimum atomic E-state index is 0.830. The van der Waals surface area contributed by atoms with Crippen LogP contribution < -0.4 is 0 Å². The molecule has 0 aromatic heterocycles. The Kier molecular flexibility index (Phi) is 2.56. The van der Waals surface area contributed by atoms with Crippen LogP contribution in [0.3, 0.4) is 0 Å². The van der Waals surface area contributed by atoms with E-state index in [1.165, 1.54) is 19.3 Å². The van der Waals surface area contributed by atoms with E-state index in [-0.39, 0.29) is 0 Å². The summed E-state index contributed by atoms with van der Waals surface area (Å²) in [5.41, 5.74) is 3.25. The van der Waals surface area contributed by atoms with Crippen molar-refractivity contribution in [2.24, 2.45) is 0 Å². The zero-order valence-electron chi connectivity index (χ0n) is 6.08. The second-order valence-corrected chi connectivity index (χ2v) is 4.33. The molecule has 1 aliphatic carbocycles. The van der Waals surface area contributed by atoms with Crippen molar-refractivity contribution in [3.63, 3.8) is 0 Å². The largest absolute Gasteiger partial charge is 0.0778 e. The molecule has 0 N–H and O–H groups in total. The summed E-state index contributed by atoms with van der Waals surface area (Å²) in [5, 5.41) is 0. The van der Waals surface area contributed by atoms with E-state index < -0.39 is 0 Å². The highest BCUT2D eigenvalue weighted by Gasteiger charge is 2.13. The van der Waals surface area contributed by atoms with Gasteiger partial charge < -0.3 is 0 Å². The standard InChI is InChI=1S/C8H13I/c1-6-4-3-5-8(9)7(6)2/h8H,3-5H2,1-2H3. The van der Waals surface area contributed by atoms with Crippen molar-refractivity contribution in [2.45, 2.75) is 37.0 Å². The fraction of sp³-hybridized carbons (Fsp3) is 0.750. The molecule has 52 valence electrons. The molecule has 1 aliphatic rings. The van der Waals surface area contributed by atoms with E-state index in [9.17, 15) is 0 Å². The summed E-state index contributed by atoms with van der Waals surface area (Å²) in [6, 6.07) is 0. The fourth-order valence-corrected chi connectivity index (χ4v) is 2.20. The zero-order chi connectivity index (χ0) is 6.85. The van der Waals surface area contributed by atoms with Crippen molar-refractivity contribution in [3.05, 3.63) is 11.1 Å². The van der Waals surface area contributed by atoms with Crippen LogP contribution in [0, 0.1) is 0 Å². The van der Waals surface area contributed by atoms with Gasteiger partial charge in [0.1, 0.15) is 0 Å². The molecule has 0 saturated carbocycles. The summed E-state index contributed by atoms with van der Waals surface area (Å²) in [7, 11) is 0. The van der Waals surface area contributed by atoms with Gasteiger partial charge in [-0.2, -0.15) is 0 Å². The Morgan fingerprint density at radius 1 is 1.44 bits per heavy atom. The lowest BCUT2D eigenvalue weighted by Crippen LogP contribution is -2.07. The summed E-state index contributed by atoms with van der Waals surface area (Å²) >= 11 is 2.54. The van der Waals surface area contributed by atoms with Crippen LogP contribution in [-0.4, -0.2) is 3.92 Å². The van der Waals surface area contributed by atoms with Gasteiger partial charge in [-0.1, -0.05) is 33.7 Å². The predicted molar refractivity (Wildman–Crippen MR) is 50.0 cm³/mol. The van der Waals surface area contributed by atoms with E-state index in [4.69, 9.17) is 0 Å². The quantitative estimate of drug-likeness (QED) is 0.344. The number of halogens is 1. The Balaban J connectivity index is 2.72. The molecule has 1 unspecified atom stereocenters. The van der Waals surface area contributed by atoms with E-state index in [1.54, 1.807) is 11.1 Å². The molecule has 0 aliphatic heterocycles. The summed E-state index contributed by atoms with van der Waals surface area (Å²) in [5.74, 6) is 0. The molecule has 0 amide bonds.